The van der Waals surface area contributed by atoms with Gasteiger partial charge in [-0.05, 0) is 63.1 Å². The summed E-state index contributed by atoms with van der Waals surface area (Å²) in [5.41, 5.74) is 3.16. The molecule has 0 spiro atoms. The number of carbonyl (C=O) groups is 1. The first-order chi connectivity index (χ1) is 12.7. The summed E-state index contributed by atoms with van der Waals surface area (Å²) < 4.78 is 0. The van der Waals surface area contributed by atoms with Gasteiger partial charge < -0.3 is 15.5 Å². The van der Waals surface area contributed by atoms with Gasteiger partial charge in [-0.25, -0.2) is 0 Å². The van der Waals surface area contributed by atoms with E-state index >= 15 is 0 Å². The van der Waals surface area contributed by atoms with E-state index in [1.54, 1.807) is 0 Å². The Morgan fingerprint density at radius 1 is 1.15 bits per heavy atom. The highest BCUT2D eigenvalue weighted by Gasteiger charge is 2.20. The molecule has 2 atom stereocenters. The number of nitrogens with one attached hydrogen (secondary N) is 2. The van der Waals surface area contributed by atoms with E-state index in [9.17, 15) is 4.79 Å². The lowest BCUT2D eigenvalue weighted by atomic mass is 10.0. The summed E-state index contributed by atoms with van der Waals surface area (Å²) in [6.45, 7) is 7.08. The van der Waals surface area contributed by atoms with E-state index in [1.165, 1.54) is 5.56 Å². The van der Waals surface area contributed by atoms with Crippen LogP contribution in [0.25, 0.3) is 0 Å². The average Bonchev–Trinajstić information content (AvgIpc) is 2.67. The van der Waals surface area contributed by atoms with Gasteiger partial charge >= 0.3 is 0 Å². The first-order valence-corrected chi connectivity index (χ1v) is 9.59. The molecule has 1 fully saturated rings. The molecule has 4 nitrogen and oxygen atoms in total. The van der Waals surface area contributed by atoms with Crippen molar-refractivity contribution < 1.29 is 4.79 Å². The largest absolute Gasteiger partial charge is 0.367 e. The summed E-state index contributed by atoms with van der Waals surface area (Å²) in [7, 11) is 0. The lowest BCUT2D eigenvalue weighted by molar-refractivity contribution is 0.0925. The molecule has 0 saturated carbocycles. The van der Waals surface area contributed by atoms with Crippen LogP contribution >= 0.6 is 12.4 Å². The van der Waals surface area contributed by atoms with E-state index < -0.39 is 0 Å². The van der Waals surface area contributed by atoms with Crippen LogP contribution in [-0.2, 0) is 6.54 Å². The van der Waals surface area contributed by atoms with Gasteiger partial charge in [-0.3, -0.25) is 4.79 Å². The standard InChI is InChI=1S/C22H29N3O.ClH/c1-3-25(16-18-7-5-4-6-8-18)21-11-9-19(10-12-21)22(26)24-20-13-14-23-17(2)15-20;/h4-12,17,20,23H,3,13-16H2,1-2H3,(H,24,26);1H. The van der Waals surface area contributed by atoms with E-state index in [0.717, 1.165) is 43.7 Å². The maximum Gasteiger partial charge on any atom is 0.251 e. The fourth-order valence-electron chi connectivity index (χ4n) is 3.54. The minimum atomic E-state index is 0. The van der Waals surface area contributed by atoms with Gasteiger partial charge in [-0.15, -0.1) is 12.4 Å². The number of nitrogens with zero attached hydrogens (tertiary/aromatic N) is 1. The number of carbonyl (C=O) groups excluding carboxylic acids is 1. The summed E-state index contributed by atoms with van der Waals surface area (Å²) in [6.07, 6.45) is 1.99. The second-order valence-electron chi connectivity index (χ2n) is 7.10. The Hall–Kier alpha value is -2.04. The molecule has 2 aromatic carbocycles. The smallest absolute Gasteiger partial charge is 0.251 e. The molecule has 0 bridgehead atoms. The van der Waals surface area contributed by atoms with Crippen LogP contribution in [0.4, 0.5) is 5.69 Å². The van der Waals surface area contributed by atoms with Crippen molar-refractivity contribution in [2.75, 3.05) is 18.0 Å². The molecular formula is C22H30ClN3O. The van der Waals surface area contributed by atoms with E-state index in [2.05, 4.69) is 53.6 Å². The van der Waals surface area contributed by atoms with Crippen LogP contribution in [0.5, 0.6) is 0 Å². The van der Waals surface area contributed by atoms with E-state index in [-0.39, 0.29) is 24.4 Å². The number of hydrogen-bond acceptors (Lipinski definition) is 3. The number of anilines is 1. The quantitative estimate of drug-likeness (QED) is 0.787. The number of piperidine rings is 1. The predicted octanol–water partition coefficient (Wildman–Crippen LogP) is 4.01. The maximum absolute atomic E-state index is 12.5. The van der Waals surface area contributed by atoms with Gasteiger partial charge in [0.15, 0.2) is 0 Å². The van der Waals surface area contributed by atoms with Gasteiger partial charge in [-0.2, -0.15) is 0 Å². The molecule has 2 unspecified atom stereocenters. The van der Waals surface area contributed by atoms with Crippen molar-refractivity contribution in [2.45, 2.75) is 45.3 Å². The van der Waals surface area contributed by atoms with Gasteiger partial charge in [0, 0.05) is 36.4 Å². The Morgan fingerprint density at radius 3 is 2.48 bits per heavy atom. The zero-order valence-corrected chi connectivity index (χ0v) is 17.0. The van der Waals surface area contributed by atoms with Crippen molar-refractivity contribution in [1.29, 1.82) is 0 Å². The molecule has 1 heterocycles. The summed E-state index contributed by atoms with van der Waals surface area (Å²) in [6, 6.07) is 19.2. The molecule has 0 aliphatic carbocycles. The predicted molar refractivity (Wildman–Crippen MR) is 115 cm³/mol. The first-order valence-electron chi connectivity index (χ1n) is 9.59. The fraction of sp³-hybridized carbons (Fsp3) is 0.409. The second kappa shape index (κ2) is 10.3. The van der Waals surface area contributed by atoms with Crippen molar-refractivity contribution in [3.05, 3.63) is 65.7 Å². The van der Waals surface area contributed by atoms with Gasteiger partial charge in [0.1, 0.15) is 0 Å². The zero-order valence-electron chi connectivity index (χ0n) is 16.2. The monoisotopic (exact) mass is 387 g/mol. The highest BCUT2D eigenvalue weighted by atomic mass is 35.5. The van der Waals surface area contributed by atoms with Crippen molar-refractivity contribution in [3.8, 4) is 0 Å². The van der Waals surface area contributed by atoms with Crippen LogP contribution in [0.3, 0.4) is 0 Å². The van der Waals surface area contributed by atoms with Crippen LogP contribution in [0.15, 0.2) is 54.6 Å². The molecule has 0 radical (unpaired) electrons. The molecule has 1 saturated heterocycles. The minimum absolute atomic E-state index is 0. The molecule has 3 rings (SSSR count). The normalized spacial score (nSPS) is 19.0. The van der Waals surface area contributed by atoms with Crippen molar-refractivity contribution in [1.82, 2.24) is 10.6 Å². The third-order valence-corrected chi connectivity index (χ3v) is 5.05. The van der Waals surface area contributed by atoms with Crippen LogP contribution < -0.4 is 15.5 Å². The number of hydrogen-bond donors (Lipinski definition) is 2. The molecule has 146 valence electrons. The molecule has 1 aliphatic heterocycles. The van der Waals surface area contributed by atoms with Gasteiger partial charge in [0.2, 0.25) is 0 Å². The van der Waals surface area contributed by atoms with E-state index in [0.29, 0.717) is 6.04 Å². The number of amides is 1. The molecule has 0 aromatic heterocycles. The number of rotatable bonds is 6. The van der Waals surface area contributed by atoms with Crippen molar-refractivity contribution in [2.24, 2.45) is 0 Å². The fourth-order valence-corrected chi connectivity index (χ4v) is 3.54. The maximum atomic E-state index is 12.5. The van der Waals surface area contributed by atoms with Crippen LogP contribution in [0.2, 0.25) is 0 Å². The first kappa shape index (κ1) is 21.3. The minimum Gasteiger partial charge on any atom is -0.367 e. The molecule has 5 heteroatoms. The van der Waals surface area contributed by atoms with Crippen molar-refractivity contribution in [3.63, 3.8) is 0 Å². The molecule has 2 aromatic rings. The highest BCUT2D eigenvalue weighted by Crippen LogP contribution is 2.18. The summed E-state index contributed by atoms with van der Waals surface area (Å²) in [4.78, 5) is 14.8. The lowest BCUT2D eigenvalue weighted by Gasteiger charge is -2.28. The summed E-state index contributed by atoms with van der Waals surface area (Å²) in [5, 5.41) is 6.59. The SMILES string of the molecule is CCN(Cc1ccccc1)c1ccc(C(=O)NC2CCNC(C)C2)cc1.Cl. The van der Waals surface area contributed by atoms with Crippen LogP contribution in [-0.4, -0.2) is 31.1 Å². The third-order valence-electron chi connectivity index (χ3n) is 5.05. The Bertz CT molecular complexity index is 705. The summed E-state index contributed by atoms with van der Waals surface area (Å²) >= 11 is 0. The Labute approximate surface area is 168 Å². The van der Waals surface area contributed by atoms with E-state index in [4.69, 9.17) is 0 Å². The van der Waals surface area contributed by atoms with Gasteiger partial charge in [0.25, 0.3) is 5.91 Å². The lowest BCUT2D eigenvalue weighted by Crippen LogP contribution is -2.46. The number of benzene rings is 2. The van der Waals surface area contributed by atoms with Crippen LogP contribution in [0.1, 0.15) is 42.6 Å². The molecule has 1 aliphatic rings. The Kier molecular flexibility index (Phi) is 8.14. The average molecular weight is 388 g/mol. The third kappa shape index (κ3) is 5.98. The highest BCUT2D eigenvalue weighted by molar-refractivity contribution is 5.94. The molecule has 1 amide bonds. The van der Waals surface area contributed by atoms with Gasteiger partial charge in [-0.1, -0.05) is 30.3 Å². The molecular weight excluding hydrogens is 358 g/mol. The van der Waals surface area contributed by atoms with Crippen LogP contribution in [0, 0.1) is 0 Å². The van der Waals surface area contributed by atoms with Crippen molar-refractivity contribution >= 4 is 24.0 Å². The second-order valence-corrected chi connectivity index (χ2v) is 7.10. The van der Waals surface area contributed by atoms with Gasteiger partial charge in [0.05, 0.1) is 0 Å². The molecule has 2 N–H and O–H groups in total. The Balaban J connectivity index is 0.00000261. The van der Waals surface area contributed by atoms with E-state index in [1.807, 2.05) is 30.3 Å². The zero-order chi connectivity index (χ0) is 18.4. The summed E-state index contributed by atoms with van der Waals surface area (Å²) in [5.74, 6) is 0.0294. The topological polar surface area (TPSA) is 44.4 Å². The number of halogens is 1. The molecule has 27 heavy (non-hydrogen) atoms. The Morgan fingerprint density at radius 2 is 1.85 bits per heavy atom.